The van der Waals surface area contributed by atoms with Crippen LogP contribution in [-0.4, -0.2) is 22.1 Å². The Balaban J connectivity index is 1.86. The van der Waals surface area contributed by atoms with Crippen molar-refractivity contribution in [1.82, 2.24) is 20.3 Å². The molecule has 0 saturated carbocycles. The summed E-state index contributed by atoms with van der Waals surface area (Å²) >= 11 is 0. The Hall–Kier alpha value is -2.01. The van der Waals surface area contributed by atoms with Crippen molar-refractivity contribution in [1.29, 1.82) is 0 Å². The lowest BCUT2D eigenvalue weighted by atomic mass is 10.3. The molecule has 0 bridgehead atoms. The van der Waals surface area contributed by atoms with Crippen molar-refractivity contribution >= 4 is 0 Å². The molecule has 2 rings (SSSR count). The molecule has 0 atom stereocenters. The van der Waals surface area contributed by atoms with Gasteiger partial charge in [-0.25, -0.2) is 15.0 Å². The number of methoxy groups -OCH3 is 1. The van der Waals surface area contributed by atoms with E-state index in [1.807, 2.05) is 24.3 Å². The first-order valence-electron chi connectivity index (χ1n) is 5.34. The van der Waals surface area contributed by atoms with Gasteiger partial charge in [-0.3, -0.25) is 0 Å². The molecule has 0 aliphatic heterocycles. The van der Waals surface area contributed by atoms with Crippen LogP contribution in [-0.2, 0) is 13.1 Å². The van der Waals surface area contributed by atoms with E-state index in [9.17, 15) is 0 Å². The lowest BCUT2D eigenvalue weighted by Gasteiger charge is -2.05. The maximum atomic E-state index is 5.06. The van der Waals surface area contributed by atoms with Crippen molar-refractivity contribution in [3.05, 3.63) is 48.2 Å². The van der Waals surface area contributed by atoms with E-state index in [1.165, 1.54) is 0 Å². The summed E-state index contributed by atoms with van der Waals surface area (Å²) in [6.07, 6.45) is 3.27. The van der Waals surface area contributed by atoms with E-state index in [2.05, 4.69) is 20.3 Å². The van der Waals surface area contributed by atoms with Gasteiger partial charge in [-0.1, -0.05) is 6.07 Å². The molecule has 0 aliphatic carbocycles. The maximum Gasteiger partial charge on any atom is 0.213 e. The van der Waals surface area contributed by atoms with Crippen LogP contribution in [0.1, 0.15) is 11.4 Å². The van der Waals surface area contributed by atoms with Crippen molar-refractivity contribution in [2.75, 3.05) is 7.11 Å². The fourth-order valence-electron chi connectivity index (χ4n) is 1.41. The van der Waals surface area contributed by atoms with Crippen LogP contribution in [0.25, 0.3) is 0 Å². The third-order valence-corrected chi connectivity index (χ3v) is 2.25. The maximum absolute atomic E-state index is 5.06. The molecule has 0 amide bonds. The first-order valence-corrected chi connectivity index (χ1v) is 5.34. The third-order valence-electron chi connectivity index (χ3n) is 2.25. The van der Waals surface area contributed by atoms with Gasteiger partial charge in [-0.05, 0) is 12.1 Å². The van der Waals surface area contributed by atoms with Crippen molar-refractivity contribution < 1.29 is 4.74 Å². The molecule has 2 aromatic rings. The quantitative estimate of drug-likeness (QED) is 0.835. The van der Waals surface area contributed by atoms with Crippen LogP contribution in [0.2, 0.25) is 0 Å². The number of hydrogen-bond acceptors (Lipinski definition) is 5. The first kappa shape index (κ1) is 11.5. The van der Waals surface area contributed by atoms with E-state index < -0.39 is 0 Å². The van der Waals surface area contributed by atoms with Crippen molar-refractivity contribution in [2.24, 2.45) is 0 Å². The van der Waals surface area contributed by atoms with E-state index in [-0.39, 0.29) is 0 Å². The summed E-state index contributed by atoms with van der Waals surface area (Å²) < 4.78 is 5.06. The molecule has 17 heavy (non-hydrogen) atoms. The number of rotatable bonds is 5. The highest BCUT2D eigenvalue weighted by Gasteiger charge is 1.98. The van der Waals surface area contributed by atoms with Crippen molar-refractivity contribution in [2.45, 2.75) is 13.1 Å². The smallest absolute Gasteiger partial charge is 0.213 e. The van der Waals surface area contributed by atoms with Crippen molar-refractivity contribution in [3.8, 4) is 5.88 Å². The first-order chi connectivity index (χ1) is 8.38. The predicted octanol–water partition coefficient (Wildman–Crippen LogP) is 1.17. The minimum atomic E-state index is 0.631. The fraction of sp³-hybridized carbons (Fsp3) is 0.250. The molecule has 2 heterocycles. The second-order valence-corrected chi connectivity index (χ2v) is 3.48. The highest BCUT2D eigenvalue weighted by molar-refractivity contribution is 5.15. The lowest BCUT2D eigenvalue weighted by molar-refractivity contribution is 0.395. The zero-order valence-corrected chi connectivity index (χ0v) is 9.63. The molecule has 0 unspecified atom stereocenters. The van der Waals surface area contributed by atoms with Crippen LogP contribution in [0.3, 0.4) is 0 Å². The second kappa shape index (κ2) is 5.91. The Morgan fingerprint density at radius 2 is 2.06 bits per heavy atom. The highest BCUT2D eigenvalue weighted by atomic mass is 16.5. The summed E-state index contributed by atoms with van der Waals surface area (Å²) in [4.78, 5) is 12.3. The average molecular weight is 230 g/mol. The Bertz CT molecular complexity index is 461. The summed E-state index contributed by atoms with van der Waals surface area (Å²) in [5.74, 6) is 0.631. The van der Waals surface area contributed by atoms with Gasteiger partial charge in [0.2, 0.25) is 5.88 Å². The van der Waals surface area contributed by atoms with Gasteiger partial charge in [0.1, 0.15) is 6.33 Å². The summed E-state index contributed by atoms with van der Waals surface area (Å²) in [6.45, 7) is 1.38. The monoisotopic (exact) mass is 230 g/mol. The second-order valence-electron chi connectivity index (χ2n) is 3.48. The van der Waals surface area contributed by atoms with Crippen LogP contribution in [0.4, 0.5) is 0 Å². The van der Waals surface area contributed by atoms with Gasteiger partial charge in [0.05, 0.1) is 18.5 Å². The Morgan fingerprint density at radius 1 is 1.18 bits per heavy atom. The minimum Gasteiger partial charge on any atom is -0.481 e. The average Bonchev–Trinajstić information content (AvgIpc) is 2.40. The lowest BCUT2D eigenvalue weighted by Crippen LogP contribution is -2.14. The normalized spacial score (nSPS) is 10.2. The number of nitrogens with one attached hydrogen (secondary N) is 1. The van der Waals surface area contributed by atoms with Gasteiger partial charge in [0.25, 0.3) is 0 Å². The molecule has 88 valence electrons. The van der Waals surface area contributed by atoms with Gasteiger partial charge in [-0.15, -0.1) is 0 Å². The summed E-state index contributed by atoms with van der Waals surface area (Å²) in [6, 6.07) is 7.59. The summed E-state index contributed by atoms with van der Waals surface area (Å²) in [7, 11) is 1.61. The standard InChI is InChI=1S/C12H14N4O/c1-17-12-4-2-3-11(16-12)8-14-7-10-5-6-13-9-15-10/h2-6,9,14H,7-8H2,1H3. The topological polar surface area (TPSA) is 59.9 Å². The molecule has 0 aliphatic rings. The van der Waals surface area contributed by atoms with Crippen LogP contribution < -0.4 is 10.1 Å². The van der Waals surface area contributed by atoms with Crippen LogP contribution in [0.5, 0.6) is 5.88 Å². The molecule has 0 radical (unpaired) electrons. The highest BCUT2D eigenvalue weighted by Crippen LogP contribution is 2.06. The molecular formula is C12H14N4O. The Morgan fingerprint density at radius 3 is 2.82 bits per heavy atom. The molecule has 2 aromatic heterocycles. The molecule has 5 heteroatoms. The van der Waals surface area contributed by atoms with Crippen molar-refractivity contribution in [3.63, 3.8) is 0 Å². The molecule has 0 spiro atoms. The Labute approximate surface area is 99.9 Å². The molecule has 5 nitrogen and oxygen atoms in total. The largest absolute Gasteiger partial charge is 0.481 e. The predicted molar refractivity (Wildman–Crippen MR) is 63.4 cm³/mol. The zero-order chi connectivity index (χ0) is 11.9. The molecular weight excluding hydrogens is 216 g/mol. The van der Waals surface area contributed by atoms with E-state index >= 15 is 0 Å². The number of aromatic nitrogens is 3. The number of pyridine rings is 1. The third kappa shape index (κ3) is 3.49. The number of ether oxygens (including phenoxy) is 1. The van der Waals surface area contributed by atoms with Crippen LogP contribution in [0, 0.1) is 0 Å². The molecule has 0 fully saturated rings. The van der Waals surface area contributed by atoms with Gasteiger partial charge in [-0.2, -0.15) is 0 Å². The number of nitrogens with zero attached hydrogens (tertiary/aromatic N) is 3. The van der Waals surface area contributed by atoms with E-state index in [0.29, 0.717) is 19.0 Å². The van der Waals surface area contributed by atoms with Crippen LogP contribution in [0.15, 0.2) is 36.8 Å². The fourth-order valence-corrected chi connectivity index (χ4v) is 1.41. The molecule has 0 saturated heterocycles. The van der Waals surface area contributed by atoms with E-state index in [0.717, 1.165) is 11.4 Å². The van der Waals surface area contributed by atoms with Gasteiger partial charge < -0.3 is 10.1 Å². The molecule has 1 N–H and O–H groups in total. The Kier molecular flexibility index (Phi) is 3.99. The van der Waals surface area contributed by atoms with Crippen LogP contribution >= 0.6 is 0 Å². The van der Waals surface area contributed by atoms with Gasteiger partial charge in [0, 0.05) is 25.4 Å². The SMILES string of the molecule is COc1cccc(CNCc2ccncn2)n1. The zero-order valence-electron chi connectivity index (χ0n) is 9.63. The number of hydrogen-bond donors (Lipinski definition) is 1. The summed E-state index contributed by atoms with van der Waals surface area (Å²) in [5.41, 5.74) is 1.90. The molecule has 0 aromatic carbocycles. The van der Waals surface area contributed by atoms with E-state index in [1.54, 1.807) is 19.6 Å². The summed E-state index contributed by atoms with van der Waals surface area (Å²) in [5, 5.41) is 3.26. The minimum absolute atomic E-state index is 0.631. The van der Waals surface area contributed by atoms with Gasteiger partial charge >= 0.3 is 0 Å². The van der Waals surface area contributed by atoms with Gasteiger partial charge in [0.15, 0.2) is 0 Å². The van der Waals surface area contributed by atoms with E-state index in [4.69, 9.17) is 4.74 Å².